The Balaban J connectivity index is 1.62. The largest absolute Gasteiger partial charge is 0.322 e. The van der Waals surface area contributed by atoms with Crippen LogP contribution in [-0.2, 0) is 16.4 Å². The average Bonchev–Trinajstić information content (AvgIpc) is 3.13. The molecule has 1 heterocycles. The van der Waals surface area contributed by atoms with Crippen LogP contribution in [0.5, 0.6) is 0 Å². The molecular formula is C22H20N2O3S. The number of nitrogens with one attached hydrogen (secondary N) is 1. The molecular weight excluding hydrogens is 372 g/mol. The van der Waals surface area contributed by atoms with Crippen molar-refractivity contribution in [3.8, 4) is 0 Å². The summed E-state index contributed by atoms with van der Waals surface area (Å²) >= 11 is 0. The summed E-state index contributed by atoms with van der Waals surface area (Å²) in [7, 11) is -3.73. The van der Waals surface area contributed by atoms with Gasteiger partial charge in [-0.05, 0) is 60.9 Å². The highest BCUT2D eigenvalue weighted by molar-refractivity contribution is 7.92. The van der Waals surface area contributed by atoms with Crippen LogP contribution in [0.3, 0.4) is 0 Å². The Morgan fingerprint density at radius 3 is 2.57 bits per heavy atom. The lowest BCUT2D eigenvalue weighted by molar-refractivity contribution is 0.102. The smallest absolute Gasteiger partial charge is 0.264 e. The molecule has 4 rings (SSSR count). The minimum absolute atomic E-state index is 0.112. The molecule has 142 valence electrons. The Kier molecular flexibility index (Phi) is 4.65. The molecule has 0 atom stereocenters. The summed E-state index contributed by atoms with van der Waals surface area (Å²) in [4.78, 5) is 12.7. The highest BCUT2D eigenvalue weighted by atomic mass is 32.2. The molecule has 6 heteroatoms. The van der Waals surface area contributed by atoms with Gasteiger partial charge in [-0.25, -0.2) is 8.42 Å². The zero-order valence-corrected chi connectivity index (χ0v) is 16.2. The number of carbonyl (C=O) groups excluding carboxylic acids is 1. The Labute approximate surface area is 164 Å². The summed E-state index contributed by atoms with van der Waals surface area (Å²) in [6, 6.07) is 21.1. The number of anilines is 2. The van der Waals surface area contributed by atoms with Gasteiger partial charge in [0.25, 0.3) is 15.9 Å². The number of rotatable bonds is 4. The molecule has 0 saturated carbocycles. The first-order valence-electron chi connectivity index (χ1n) is 9.04. The maximum Gasteiger partial charge on any atom is 0.264 e. The molecule has 5 nitrogen and oxygen atoms in total. The molecule has 1 amide bonds. The minimum Gasteiger partial charge on any atom is -0.322 e. The molecule has 3 aromatic carbocycles. The van der Waals surface area contributed by atoms with E-state index in [4.69, 9.17) is 0 Å². The third kappa shape index (κ3) is 3.39. The highest BCUT2D eigenvalue weighted by Gasteiger charge is 2.30. The van der Waals surface area contributed by atoms with Crippen LogP contribution >= 0.6 is 0 Å². The van der Waals surface area contributed by atoms with E-state index in [1.54, 1.807) is 18.2 Å². The van der Waals surface area contributed by atoms with Crippen LogP contribution < -0.4 is 9.62 Å². The number of hydrogen-bond acceptors (Lipinski definition) is 3. The standard InChI is InChI=1S/C22H20N2O3S/c1-16-6-4-9-19(14-16)23-22(25)18-8-5-10-20(15-18)28(26,27)24-13-12-17-7-2-3-11-21(17)24/h2-11,14-15H,12-13H2,1H3,(H,23,25). The number of aryl methyl sites for hydroxylation is 1. The van der Waals surface area contributed by atoms with Gasteiger partial charge in [0.05, 0.1) is 10.6 Å². The Bertz CT molecular complexity index is 1160. The Morgan fingerprint density at radius 1 is 0.964 bits per heavy atom. The van der Waals surface area contributed by atoms with E-state index in [1.807, 2.05) is 49.4 Å². The monoisotopic (exact) mass is 392 g/mol. The van der Waals surface area contributed by atoms with Gasteiger partial charge in [-0.1, -0.05) is 36.4 Å². The lowest BCUT2D eigenvalue weighted by Gasteiger charge is -2.20. The summed E-state index contributed by atoms with van der Waals surface area (Å²) in [5.74, 6) is -0.343. The second-order valence-corrected chi connectivity index (χ2v) is 8.67. The fraction of sp³-hybridized carbons (Fsp3) is 0.136. The van der Waals surface area contributed by atoms with Crippen LogP contribution in [0.25, 0.3) is 0 Å². The van der Waals surface area contributed by atoms with Crippen molar-refractivity contribution in [1.82, 2.24) is 0 Å². The summed E-state index contributed by atoms with van der Waals surface area (Å²) in [6.07, 6.45) is 0.683. The SMILES string of the molecule is Cc1cccc(NC(=O)c2cccc(S(=O)(=O)N3CCc4ccccc43)c2)c1. The van der Waals surface area contributed by atoms with Crippen LogP contribution in [-0.4, -0.2) is 20.9 Å². The first-order chi connectivity index (χ1) is 13.4. The fourth-order valence-electron chi connectivity index (χ4n) is 3.41. The van der Waals surface area contributed by atoms with Crippen molar-refractivity contribution in [2.24, 2.45) is 0 Å². The van der Waals surface area contributed by atoms with Gasteiger partial charge in [0, 0.05) is 17.8 Å². The average molecular weight is 392 g/mol. The van der Waals surface area contributed by atoms with Gasteiger partial charge in [0.2, 0.25) is 0 Å². The van der Waals surface area contributed by atoms with Crippen molar-refractivity contribution < 1.29 is 13.2 Å². The number of benzene rings is 3. The number of sulfonamides is 1. The third-order valence-corrected chi connectivity index (χ3v) is 6.61. The normalized spacial score (nSPS) is 13.2. The van der Waals surface area contributed by atoms with Crippen LogP contribution in [0.15, 0.2) is 77.7 Å². The van der Waals surface area contributed by atoms with Gasteiger partial charge in [-0.15, -0.1) is 0 Å². The Hall–Kier alpha value is -3.12. The van der Waals surface area contributed by atoms with Crippen molar-refractivity contribution >= 4 is 27.3 Å². The van der Waals surface area contributed by atoms with E-state index in [0.717, 1.165) is 11.1 Å². The quantitative estimate of drug-likeness (QED) is 0.730. The molecule has 1 aliphatic heterocycles. The molecule has 28 heavy (non-hydrogen) atoms. The van der Waals surface area contributed by atoms with Gasteiger partial charge >= 0.3 is 0 Å². The van der Waals surface area contributed by atoms with Crippen molar-refractivity contribution in [2.75, 3.05) is 16.2 Å². The van der Waals surface area contributed by atoms with Crippen molar-refractivity contribution in [2.45, 2.75) is 18.2 Å². The van der Waals surface area contributed by atoms with Crippen molar-refractivity contribution in [1.29, 1.82) is 0 Å². The summed E-state index contributed by atoms with van der Waals surface area (Å²) in [5.41, 5.74) is 3.72. The van der Waals surface area contributed by atoms with Gasteiger partial charge in [0.15, 0.2) is 0 Å². The van der Waals surface area contributed by atoms with E-state index in [9.17, 15) is 13.2 Å². The zero-order valence-electron chi connectivity index (χ0n) is 15.4. The number of hydrogen-bond donors (Lipinski definition) is 1. The Morgan fingerprint density at radius 2 is 1.75 bits per heavy atom. The van der Waals surface area contributed by atoms with E-state index in [0.29, 0.717) is 29.9 Å². The molecule has 0 radical (unpaired) electrons. The van der Waals surface area contributed by atoms with E-state index in [2.05, 4.69) is 5.32 Å². The number of amides is 1. The van der Waals surface area contributed by atoms with Crippen LogP contribution in [0, 0.1) is 6.92 Å². The second-order valence-electron chi connectivity index (χ2n) is 6.81. The summed E-state index contributed by atoms with van der Waals surface area (Å²) in [5, 5.41) is 2.82. The second kappa shape index (κ2) is 7.13. The van der Waals surface area contributed by atoms with Gasteiger partial charge in [-0.2, -0.15) is 0 Å². The number of para-hydroxylation sites is 1. The lowest BCUT2D eigenvalue weighted by atomic mass is 10.2. The molecule has 0 spiro atoms. The molecule has 0 fully saturated rings. The molecule has 3 aromatic rings. The number of nitrogens with zero attached hydrogens (tertiary/aromatic N) is 1. The van der Waals surface area contributed by atoms with Crippen LogP contribution in [0.4, 0.5) is 11.4 Å². The molecule has 0 aromatic heterocycles. The first-order valence-corrected chi connectivity index (χ1v) is 10.5. The van der Waals surface area contributed by atoms with Crippen molar-refractivity contribution in [3.05, 3.63) is 89.5 Å². The first kappa shape index (κ1) is 18.3. The van der Waals surface area contributed by atoms with E-state index >= 15 is 0 Å². The van der Waals surface area contributed by atoms with Gasteiger partial charge in [0.1, 0.15) is 0 Å². The van der Waals surface area contributed by atoms with E-state index < -0.39 is 10.0 Å². The predicted octanol–water partition coefficient (Wildman–Crippen LogP) is 4.00. The lowest BCUT2D eigenvalue weighted by Crippen LogP contribution is -2.29. The zero-order chi connectivity index (χ0) is 19.7. The van der Waals surface area contributed by atoms with E-state index in [1.165, 1.54) is 16.4 Å². The third-order valence-electron chi connectivity index (χ3n) is 4.80. The maximum atomic E-state index is 13.2. The molecule has 0 bridgehead atoms. The topological polar surface area (TPSA) is 66.5 Å². The highest BCUT2D eigenvalue weighted by Crippen LogP contribution is 2.32. The fourth-order valence-corrected chi connectivity index (χ4v) is 4.96. The summed E-state index contributed by atoms with van der Waals surface area (Å²) < 4.78 is 27.8. The van der Waals surface area contributed by atoms with Crippen LogP contribution in [0.1, 0.15) is 21.5 Å². The van der Waals surface area contributed by atoms with E-state index in [-0.39, 0.29) is 10.8 Å². The van der Waals surface area contributed by atoms with Crippen LogP contribution in [0.2, 0.25) is 0 Å². The molecule has 1 aliphatic rings. The predicted molar refractivity (Wildman–Crippen MR) is 110 cm³/mol. The summed E-state index contributed by atoms with van der Waals surface area (Å²) in [6.45, 7) is 2.35. The maximum absolute atomic E-state index is 13.2. The van der Waals surface area contributed by atoms with Gasteiger partial charge in [-0.3, -0.25) is 9.10 Å². The van der Waals surface area contributed by atoms with Crippen molar-refractivity contribution in [3.63, 3.8) is 0 Å². The molecule has 0 saturated heterocycles. The van der Waals surface area contributed by atoms with Gasteiger partial charge < -0.3 is 5.32 Å². The minimum atomic E-state index is -3.73. The molecule has 0 aliphatic carbocycles. The number of carbonyl (C=O) groups is 1. The molecule has 1 N–H and O–H groups in total. The molecule has 0 unspecified atom stereocenters. The number of fused-ring (bicyclic) bond motifs is 1.